The van der Waals surface area contributed by atoms with E-state index in [1.165, 1.54) is 16.7 Å². The number of benzene rings is 3. The summed E-state index contributed by atoms with van der Waals surface area (Å²) in [5, 5.41) is 1.53. The molecule has 3 rings (SSSR count). The molecule has 0 unspecified atom stereocenters. The molecule has 3 aromatic carbocycles. The Hall–Kier alpha value is -1.76. The van der Waals surface area contributed by atoms with Crippen LogP contribution in [0.2, 0.25) is 10.0 Å². The molecule has 0 amide bonds. The third kappa shape index (κ3) is 2.65. The first-order valence-corrected chi connectivity index (χ1v) is 7.95. The van der Waals surface area contributed by atoms with Gasteiger partial charge in [0.2, 0.25) is 0 Å². The summed E-state index contributed by atoms with van der Waals surface area (Å²) in [7, 11) is 0. The van der Waals surface area contributed by atoms with E-state index in [0.717, 1.165) is 26.7 Å². The van der Waals surface area contributed by atoms with Crippen LogP contribution in [0.15, 0.2) is 60.7 Å². The highest BCUT2D eigenvalue weighted by molar-refractivity contribution is 6.34. The first-order chi connectivity index (χ1) is 10.6. The van der Waals surface area contributed by atoms with Gasteiger partial charge in [-0.2, -0.15) is 0 Å². The Balaban J connectivity index is 2.28. The lowest BCUT2D eigenvalue weighted by Crippen LogP contribution is -1.93. The van der Waals surface area contributed by atoms with Gasteiger partial charge in [-0.05, 0) is 48.2 Å². The zero-order chi connectivity index (χ0) is 15.7. The van der Waals surface area contributed by atoms with Gasteiger partial charge >= 0.3 is 0 Å². The van der Waals surface area contributed by atoms with Crippen LogP contribution in [0.1, 0.15) is 11.1 Å². The maximum absolute atomic E-state index is 6.41. The van der Waals surface area contributed by atoms with Gasteiger partial charge in [-0.15, -0.1) is 0 Å². The molecule has 0 aliphatic heterocycles. The maximum atomic E-state index is 6.41. The summed E-state index contributed by atoms with van der Waals surface area (Å²) in [6.45, 7) is 4.24. The third-order valence-electron chi connectivity index (χ3n) is 3.98. The molecule has 0 radical (unpaired) electrons. The van der Waals surface area contributed by atoms with Gasteiger partial charge < -0.3 is 0 Å². The zero-order valence-electron chi connectivity index (χ0n) is 12.5. The number of halogens is 2. The quantitative estimate of drug-likeness (QED) is 0.478. The second kappa shape index (κ2) is 6.16. The minimum Gasteiger partial charge on any atom is -0.0837 e. The molecule has 0 nitrogen and oxygen atoms in total. The zero-order valence-corrected chi connectivity index (χ0v) is 14.0. The standard InChI is InChI=1S/C20H16Cl2/c1-13-11-12-15(16-7-3-5-9-18(16)21)14(2)20(13)17-8-4-6-10-19(17)22/h3-12H,1-2H3. The summed E-state index contributed by atoms with van der Waals surface area (Å²) in [6.07, 6.45) is 0. The smallest absolute Gasteiger partial charge is 0.0484 e. The predicted octanol–water partition coefficient (Wildman–Crippen LogP) is 6.94. The predicted molar refractivity (Wildman–Crippen MR) is 96.8 cm³/mol. The van der Waals surface area contributed by atoms with Gasteiger partial charge in [0, 0.05) is 21.2 Å². The van der Waals surface area contributed by atoms with Crippen LogP contribution in [-0.2, 0) is 0 Å². The second-order valence-corrected chi connectivity index (χ2v) is 6.20. The molecule has 0 heterocycles. The van der Waals surface area contributed by atoms with Crippen molar-refractivity contribution in [3.05, 3.63) is 81.8 Å². The van der Waals surface area contributed by atoms with E-state index in [4.69, 9.17) is 23.2 Å². The largest absolute Gasteiger partial charge is 0.0837 e. The minimum atomic E-state index is 0.763. The molecule has 0 saturated heterocycles. The van der Waals surface area contributed by atoms with E-state index in [-0.39, 0.29) is 0 Å². The van der Waals surface area contributed by atoms with Crippen molar-refractivity contribution in [2.24, 2.45) is 0 Å². The van der Waals surface area contributed by atoms with Crippen LogP contribution in [0.4, 0.5) is 0 Å². The fraction of sp³-hybridized carbons (Fsp3) is 0.100. The van der Waals surface area contributed by atoms with Crippen LogP contribution in [0.5, 0.6) is 0 Å². The normalized spacial score (nSPS) is 10.7. The lowest BCUT2D eigenvalue weighted by atomic mass is 9.89. The van der Waals surface area contributed by atoms with Crippen LogP contribution in [0.3, 0.4) is 0 Å². The molecule has 0 spiro atoms. The monoisotopic (exact) mass is 326 g/mol. The van der Waals surface area contributed by atoms with E-state index in [1.54, 1.807) is 0 Å². The highest BCUT2D eigenvalue weighted by atomic mass is 35.5. The molecule has 22 heavy (non-hydrogen) atoms. The Bertz CT molecular complexity index is 835. The van der Waals surface area contributed by atoms with Gasteiger partial charge in [-0.3, -0.25) is 0 Å². The topological polar surface area (TPSA) is 0 Å². The lowest BCUT2D eigenvalue weighted by Gasteiger charge is -2.16. The van der Waals surface area contributed by atoms with Crippen molar-refractivity contribution in [1.29, 1.82) is 0 Å². The summed E-state index contributed by atoms with van der Waals surface area (Å²) in [5.41, 5.74) is 6.85. The second-order valence-electron chi connectivity index (χ2n) is 5.39. The van der Waals surface area contributed by atoms with E-state index >= 15 is 0 Å². The molecule has 0 atom stereocenters. The molecule has 0 aromatic heterocycles. The Morgan fingerprint density at radius 2 is 1.14 bits per heavy atom. The van der Waals surface area contributed by atoms with Crippen molar-refractivity contribution in [2.75, 3.05) is 0 Å². The molecule has 0 aliphatic carbocycles. The molecule has 0 saturated carbocycles. The van der Waals surface area contributed by atoms with Gasteiger partial charge in [-0.25, -0.2) is 0 Å². The summed E-state index contributed by atoms with van der Waals surface area (Å²) in [4.78, 5) is 0. The number of rotatable bonds is 2. The van der Waals surface area contributed by atoms with Crippen LogP contribution in [-0.4, -0.2) is 0 Å². The van der Waals surface area contributed by atoms with Crippen LogP contribution >= 0.6 is 23.2 Å². The van der Waals surface area contributed by atoms with Crippen molar-refractivity contribution in [3.8, 4) is 22.3 Å². The molecule has 0 aliphatic rings. The first-order valence-electron chi connectivity index (χ1n) is 7.19. The third-order valence-corrected chi connectivity index (χ3v) is 4.64. The molecule has 2 heteroatoms. The van der Waals surface area contributed by atoms with Gasteiger partial charge in [0.15, 0.2) is 0 Å². The van der Waals surface area contributed by atoms with E-state index in [1.807, 2.05) is 36.4 Å². The fourth-order valence-corrected chi connectivity index (χ4v) is 3.36. The summed E-state index contributed by atoms with van der Waals surface area (Å²) in [5.74, 6) is 0. The van der Waals surface area contributed by atoms with Gasteiger partial charge in [0.1, 0.15) is 0 Å². The van der Waals surface area contributed by atoms with Crippen LogP contribution < -0.4 is 0 Å². The molecule has 0 N–H and O–H groups in total. The van der Waals surface area contributed by atoms with Crippen molar-refractivity contribution >= 4 is 23.2 Å². The van der Waals surface area contributed by atoms with Crippen molar-refractivity contribution in [1.82, 2.24) is 0 Å². The molecule has 3 aromatic rings. The minimum absolute atomic E-state index is 0.763. The Morgan fingerprint density at radius 3 is 1.73 bits per heavy atom. The Morgan fingerprint density at radius 1 is 0.591 bits per heavy atom. The average Bonchev–Trinajstić information content (AvgIpc) is 2.50. The molecular formula is C20H16Cl2. The van der Waals surface area contributed by atoms with Crippen molar-refractivity contribution < 1.29 is 0 Å². The van der Waals surface area contributed by atoms with E-state index < -0.39 is 0 Å². The summed E-state index contributed by atoms with van der Waals surface area (Å²) < 4.78 is 0. The number of hydrogen-bond acceptors (Lipinski definition) is 0. The van der Waals surface area contributed by atoms with E-state index in [9.17, 15) is 0 Å². The van der Waals surface area contributed by atoms with E-state index in [2.05, 4.69) is 38.1 Å². The molecular weight excluding hydrogens is 311 g/mol. The Kier molecular flexibility index (Phi) is 4.24. The summed E-state index contributed by atoms with van der Waals surface area (Å²) in [6, 6.07) is 20.2. The van der Waals surface area contributed by atoms with Crippen LogP contribution in [0, 0.1) is 13.8 Å². The molecule has 110 valence electrons. The van der Waals surface area contributed by atoms with E-state index in [0.29, 0.717) is 0 Å². The SMILES string of the molecule is Cc1ccc(-c2ccccc2Cl)c(C)c1-c1ccccc1Cl. The van der Waals surface area contributed by atoms with Crippen molar-refractivity contribution in [3.63, 3.8) is 0 Å². The first kappa shape index (κ1) is 15.1. The highest BCUT2D eigenvalue weighted by Gasteiger charge is 2.14. The fourth-order valence-electron chi connectivity index (χ4n) is 2.90. The number of hydrogen-bond donors (Lipinski definition) is 0. The highest BCUT2D eigenvalue weighted by Crippen LogP contribution is 2.39. The number of aryl methyl sites for hydroxylation is 1. The Labute approximate surface area is 141 Å². The molecule has 0 bridgehead atoms. The summed E-state index contributed by atoms with van der Waals surface area (Å²) >= 11 is 12.8. The average molecular weight is 327 g/mol. The maximum Gasteiger partial charge on any atom is 0.0484 e. The molecule has 0 fully saturated rings. The van der Waals surface area contributed by atoms with Crippen molar-refractivity contribution in [2.45, 2.75) is 13.8 Å². The van der Waals surface area contributed by atoms with Gasteiger partial charge in [-0.1, -0.05) is 71.7 Å². The van der Waals surface area contributed by atoms with Gasteiger partial charge in [0.05, 0.1) is 0 Å². The van der Waals surface area contributed by atoms with Gasteiger partial charge in [0.25, 0.3) is 0 Å². The van der Waals surface area contributed by atoms with Crippen LogP contribution in [0.25, 0.3) is 22.3 Å². The lowest BCUT2D eigenvalue weighted by molar-refractivity contribution is 1.37.